The van der Waals surface area contributed by atoms with E-state index >= 15 is 0 Å². The van der Waals surface area contributed by atoms with E-state index in [1.54, 1.807) is 6.34 Å². The van der Waals surface area contributed by atoms with Crippen molar-refractivity contribution in [3.8, 4) is 0 Å². The van der Waals surface area contributed by atoms with Crippen molar-refractivity contribution in [3.05, 3.63) is 11.4 Å². The van der Waals surface area contributed by atoms with Gasteiger partial charge in [-0.15, -0.1) is 0 Å². The van der Waals surface area contributed by atoms with Crippen molar-refractivity contribution in [2.75, 3.05) is 13.1 Å². The summed E-state index contributed by atoms with van der Waals surface area (Å²) in [6, 6.07) is 0. The summed E-state index contributed by atoms with van der Waals surface area (Å²) in [6.07, 6.45) is 1.79. The Kier molecular flexibility index (Phi) is 1.21. The van der Waals surface area contributed by atoms with E-state index < -0.39 is 0 Å². The van der Waals surface area contributed by atoms with E-state index in [0.29, 0.717) is 5.70 Å². The second kappa shape index (κ2) is 2.08. The van der Waals surface area contributed by atoms with Gasteiger partial charge in [0.05, 0.1) is 24.3 Å². The van der Waals surface area contributed by atoms with Crippen LogP contribution >= 0.6 is 0 Å². The van der Waals surface area contributed by atoms with Crippen molar-refractivity contribution in [2.45, 2.75) is 6.92 Å². The molecule has 0 atom stereocenters. The minimum Gasteiger partial charge on any atom is -0.394 e. The third-order valence-electron chi connectivity index (χ3n) is 1.90. The van der Waals surface area contributed by atoms with Crippen LogP contribution in [0.2, 0.25) is 0 Å². The molecule has 2 rings (SSSR count). The van der Waals surface area contributed by atoms with E-state index in [1.165, 1.54) is 0 Å². The summed E-state index contributed by atoms with van der Waals surface area (Å²) in [5.41, 5.74) is 7.33. The molecule has 2 aliphatic heterocycles. The summed E-state index contributed by atoms with van der Waals surface area (Å²) in [5, 5.41) is 0. The van der Waals surface area contributed by atoms with Crippen molar-refractivity contribution < 1.29 is 0 Å². The first-order chi connectivity index (χ1) is 5.29. The molecule has 0 aromatic carbocycles. The minimum atomic E-state index is 0.713. The lowest BCUT2D eigenvalue weighted by Gasteiger charge is -2.19. The zero-order chi connectivity index (χ0) is 7.84. The van der Waals surface area contributed by atoms with Gasteiger partial charge in [0.15, 0.2) is 5.84 Å². The molecule has 0 saturated heterocycles. The number of amidine groups is 1. The number of hydrogen-bond donors (Lipinski definition) is 1. The zero-order valence-electron chi connectivity index (χ0n) is 6.41. The van der Waals surface area contributed by atoms with Crippen molar-refractivity contribution >= 4 is 12.2 Å². The van der Waals surface area contributed by atoms with Gasteiger partial charge in [0.2, 0.25) is 0 Å². The molecule has 0 aromatic heterocycles. The Hall–Kier alpha value is -1.32. The van der Waals surface area contributed by atoms with E-state index in [2.05, 4.69) is 9.98 Å². The van der Waals surface area contributed by atoms with Crippen LogP contribution in [0.1, 0.15) is 6.92 Å². The molecule has 0 bridgehead atoms. The fraction of sp³-hybridized carbons (Fsp3) is 0.429. The molecule has 0 spiro atoms. The molecule has 0 aliphatic carbocycles. The smallest absolute Gasteiger partial charge is 0.154 e. The van der Waals surface area contributed by atoms with Gasteiger partial charge in [-0.2, -0.15) is 0 Å². The molecule has 0 unspecified atom stereocenters. The predicted octanol–water partition coefficient (Wildman–Crippen LogP) is -0.0674. The highest BCUT2D eigenvalue weighted by Gasteiger charge is 2.21. The number of allylic oxidation sites excluding steroid dienone is 1. The van der Waals surface area contributed by atoms with E-state index in [0.717, 1.165) is 24.6 Å². The molecule has 0 radical (unpaired) electrons. The van der Waals surface area contributed by atoms with Crippen LogP contribution in [0.25, 0.3) is 0 Å². The van der Waals surface area contributed by atoms with Gasteiger partial charge in [-0.3, -0.25) is 4.99 Å². The van der Waals surface area contributed by atoms with Crippen LogP contribution in [0.5, 0.6) is 0 Å². The Morgan fingerprint density at radius 1 is 1.64 bits per heavy atom. The molecule has 4 heteroatoms. The van der Waals surface area contributed by atoms with Crippen LogP contribution in [0.4, 0.5) is 0 Å². The zero-order valence-corrected chi connectivity index (χ0v) is 6.41. The number of nitrogens with two attached hydrogens (primary N) is 1. The fourth-order valence-electron chi connectivity index (χ4n) is 1.20. The minimum absolute atomic E-state index is 0.713. The highest BCUT2D eigenvalue weighted by molar-refractivity contribution is 6.06. The number of aliphatic imine (C=N–C) groups is 2. The Morgan fingerprint density at radius 3 is 3.27 bits per heavy atom. The largest absolute Gasteiger partial charge is 0.394 e. The van der Waals surface area contributed by atoms with Crippen molar-refractivity contribution in [1.82, 2.24) is 4.90 Å². The van der Waals surface area contributed by atoms with Crippen LogP contribution in [0.15, 0.2) is 21.4 Å². The maximum atomic E-state index is 5.76. The summed E-state index contributed by atoms with van der Waals surface area (Å²) >= 11 is 0. The monoisotopic (exact) mass is 150 g/mol. The SMILES string of the molecule is CC1=C(N)C2=NCCN2C=N1. The summed E-state index contributed by atoms with van der Waals surface area (Å²) in [6.45, 7) is 3.63. The summed E-state index contributed by atoms with van der Waals surface area (Å²) in [4.78, 5) is 10.4. The van der Waals surface area contributed by atoms with Crippen LogP contribution in [-0.4, -0.2) is 30.2 Å². The maximum absolute atomic E-state index is 5.76. The molecule has 2 aliphatic rings. The van der Waals surface area contributed by atoms with Crippen molar-refractivity contribution in [1.29, 1.82) is 0 Å². The van der Waals surface area contributed by atoms with E-state index in [-0.39, 0.29) is 0 Å². The lowest BCUT2D eigenvalue weighted by atomic mass is 10.3. The van der Waals surface area contributed by atoms with Crippen LogP contribution in [-0.2, 0) is 0 Å². The van der Waals surface area contributed by atoms with Gasteiger partial charge in [0.25, 0.3) is 0 Å². The van der Waals surface area contributed by atoms with Gasteiger partial charge in [0, 0.05) is 6.54 Å². The van der Waals surface area contributed by atoms with E-state index in [1.807, 2.05) is 11.8 Å². The highest BCUT2D eigenvalue weighted by Crippen LogP contribution is 2.13. The Bertz CT molecular complexity index is 274. The van der Waals surface area contributed by atoms with Gasteiger partial charge in [-0.05, 0) is 6.92 Å². The third kappa shape index (κ3) is 0.824. The topological polar surface area (TPSA) is 54.0 Å². The van der Waals surface area contributed by atoms with Crippen LogP contribution in [0.3, 0.4) is 0 Å². The second-order valence-corrected chi connectivity index (χ2v) is 2.64. The lowest BCUT2D eigenvalue weighted by molar-refractivity contribution is 0.674. The van der Waals surface area contributed by atoms with Gasteiger partial charge in [0.1, 0.15) is 0 Å². The summed E-state index contributed by atoms with van der Waals surface area (Å²) < 4.78 is 0. The van der Waals surface area contributed by atoms with Crippen molar-refractivity contribution in [2.24, 2.45) is 15.7 Å². The Labute approximate surface area is 65.1 Å². The molecular formula is C7H10N4. The number of hydrogen-bond acceptors (Lipinski definition) is 4. The molecule has 0 fully saturated rings. The quantitative estimate of drug-likeness (QED) is 0.525. The maximum Gasteiger partial charge on any atom is 0.154 e. The first-order valence-electron chi connectivity index (χ1n) is 3.61. The number of fused-ring (bicyclic) bond motifs is 1. The summed E-state index contributed by atoms with van der Waals surface area (Å²) in [7, 11) is 0. The average molecular weight is 150 g/mol. The molecule has 58 valence electrons. The molecular weight excluding hydrogens is 140 g/mol. The number of rotatable bonds is 0. The lowest BCUT2D eigenvalue weighted by Crippen LogP contribution is -2.33. The highest BCUT2D eigenvalue weighted by atomic mass is 15.3. The van der Waals surface area contributed by atoms with Gasteiger partial charge >= 0.3 is 0 Å². The molecule has 11 heavy (non-hydrogen) atoms. The first kappa shape index (κ1) is 6.39. The molecule has 0 amide bonds. The molecule has 2 N–H and O–H groups in total. The third-order valence-corrected chi connectivity index (χ3v) is 1.90. The molecule has 0 saturated carbocycles. The van der Waals surface area contributed by atoms with E-state index in [9.17, 15) is 0 Å². The van der Waals surface area contributed by atoms with Gasteiger partial charge in [-0.1, -0.05) is 0 Å². The van der Waals surface area contributed by atoms with Gasteiger partial charge < -0.3 is 10.6 Å². The van der Waals surface area contributed by atoms with E-state index in [4.69, 9.17) is 5.73 Å². The predicted molar refractivity (Wildman–Crippen MR) is 44.4 cm³/mol. The fourth-order valence-corrected chi connectivity index (χ4v) is 1.20. The molecule has 4 nitrogen and oxygen atoms in total. The average Bonchev–Trinajstić information content (AvgIpc) is 2.45. The number of nitrogens with zero attached hydrogens (tertiary/aromatic N) is 3. The van der Waals surface area contributed by atoms with Gasteiger partial charge in [-0.25, -0.2) is 4.99 Å². The second-order valence-electron chi connectivity index (χ2n) is 2.64. The first-order valence-corrected chi connectivity index (χ1v) is 3.61. The molecule has 0 aromatic rings. The van der Waals surface area contributed by atoms with Crippen LogP contribution in [0, 0.1) is 0 Å². The summed E-state index contributed by atoms with van der Waals surface area (Å²) in [5.74, 6) is 0.887. The Morgan fingerprint density at radius 2 is 2.45 bits per heavy atom. The normalized spacial score (nSPS) is 22.3. The standard InChI is InChI=1S/C7H10N4/c1-5-6(8)7-9-2-3-11(7)4-10-5/h4H,2-3,8H2,1H3. The van der Waals surface area contributed by atoms with Crippen LogP contribution < -0.4 is 5.73 Å². The Balaban J connectivity index is 2.43. The molecule has 2 heterocycles. The van der Waals surface area contributed by atoms with Crippen molar-refractivity contribution in [3.63, 3.8) is 0 Å².